The van der Waals surface area contributed by atoms with Gasteiger partial charge in [-0.1, -0.05) is 12.1 Å². The molecule has 0 unspecified atom stereocenters. The van der Waals surface area contributed by atoms with Crippen molar-refractivity contribution >= 4 is 5.91 Å². The molecule has 0 radical (unpaired) electrons. The van der Waals surface area contributed by atoms with E-state index in [0.29, 0.717) is 12.1 Å². The Labute approximate surface area is 88.7 Å². The number of nitrogens with one attached hydrogen (secondary N) is 1. The molecule has 1 aromatic rings. The summed E-state index contributed by atoms with van der Waals surface area (Å²) in [6.07, 6.45) is 0. The number of benzene rings is 1. The molecule has 15 heavy (non-hydrogen) atoms. The van der Waals surface area contributed by atoms with Gasteiger partial charge in [0.2, 0.25) is 5.91 Å². The van der Waals surface area contributed by atoms with Crippen LogP contribution in [0, 0.1) is 11.3 Å². The lowest BCUT2D eigenvalue weighted by molar-refractivity contribution is -0.122. The molecule has 1 amide bonds. The molecule has 0 aliphatic rings. The van der Waals surface area contributed by atoms with Gasteiger partial charge in [-0.3, -0.25) is 4.79 Å². The third-order valence-electron chi connectivity index (χ3n) is 1.96. The SMILES string of the molecule is C[C@@H](N)C(=O)NCc1ccc(C#N)cc1. The van der Waals surface area contributed by atoms with Crippen LogP contribution < -0.4 is 11.1 Å². The van der Waals surface area contributed by atoms with Gasteiger partial charge >= 0.3 is 0 Å². The maximum Gasteiger partial charge on any atom is 0.236 e. The van der Waals surface area contributed by atoms with Crippen molar-refractivity contribution in [2.75, 3.05) is 0 Å². The summed E-state index contributed by atoms with van der Waals surface area (Å²) in [7, 11) is 0. The highest BCUT2D eigenvalue weighted by atomic mass is 16.2. The lowest BCUT2D eigenvalue weighted by atomic mass is 10.1. The fraction of sp³-hybridized carbons (Fsp3) is 0.273. The molecule has 4 heteroatoms. The molecule has 0 heterocycles. The molecule has 0 saturated heterocycles. The van der Waals surface area contributed by atoms with Crippen molar-refractivity contribution in [3.8, 4) is 6.07 Å². The Morgan fingerprint density at radius 1 is 1.53 bits per heavy atom. The van der Waals surface area contributed by atoms with Gasteiger partial charge in [0.15, 0.2) is 0 Å². The van der Waals surface area contributed by atoms with Crippen molar-refractivity contribution in [2.45, 2.75) is 19.5 Å². The van der Waals surface area contributed by atoms with Crippen molar-refractivity contribution in [3.05, 3.63) is 35.4 Å². The first kappa shape index (κ1) is 11.2. The number of hydrogen-bond acceptors (Lipinski definition) is 3. The van der Waals surface area contributed by atoms with E-state index >= 15 is 0 Å². The van der Waals surface area contributed by atoms with E-state index in [4.69, 9.17) is 11.0 Å². The maximum absolute atomic E-state index is 11.2. The smallest absolute Gasteiger partial charge is 0.236 e. The minimum Gasteiger partial charge on any atom is -0.351 e. The Kier molecular flexibility index (Phi) is 3.83. The van der Waals surface area contributed by atoms with Crippen molar-refractivity contribution < 1.29 is 4.79 Å². The largest absolute Gasteiger partial charge is 0.351 e. The Morgan fingerprint density at radius 3 is 2.60 bits per heavy atom. The number of carbonyl (C=O) groups is 1. The molecule has 0 saturated carbocycles. The second-order valence-electron chi connectivity index (χ2n) is 3.32. The zero-order valence-corrected chi connectivity index (χ0v) is 8.53. The molecule has 78 valence electrons. The summed E-state index contributed by atoms with van der Waals surface area (Å²) in [6.45, 7) is 2.07. The van der Waals surface area contributed by atoms with E-state index in [1.807, 2.05) is 6.07 Å². The molecule has 0 bridgehead atoms. The fourth-order valence-electron chi connectivity index (χ4n) is 1.05. The van der Waals surface area contributed by atoms with Gasteiger partial charge in [-0.25, -0.2) is 0 Å². The summed E-state index contributed by atoms with van der Waals surface area (Å²) in [5.41, 5.74) is 6.95. The standard InChI is InChI=1S/C11H13N3O/c1-8(13)11(15)14-7-10-4-2-9(6-12)3-5-10/h2-5,8H,7,13H2,1H3,(H,14,15)/t8-/m1/s1. The monoisotopic (exact) mass is 203 g/mol. The quantitative estimate of drug-likeness (QED) is 0.751. The lowest BCUT2D eigenvalue weighted by Gasteiger charge is -2.07. The van der Waals surface area contributed by atoms with Crippen LogP contribution >= 0.6 is 0 Å². The maximum atomic E-state index is 11.2. The highest BCUT2D eigenvalue weighted by Gasteiger charge is 2.05. The summed E-state index contributed by atoms with van der Waals surface area (Å²) < 4.78 is 0. The highest BCUT2D eigenvalue weighted by Crippen LogP contribution is 2.02. The van der Waals surface area contributed by atoms with Crippen LogP contribution in [0.15, 0.2) is 24.3 Å². The summed E-state index contributed by atoms with van der Waals surface area (Å²) in [6, 6.07) is 8.58. The predicted octanol–water partition coefficient (Wildman–Crippen LogP) is 0.522. The molecular formula is C11H13N3O. The van der Waals surface area contributed by atoms with E-state index in [1.54, 1.807) is 31.2 Å². The summed E-state index contributed by atoms with van der Waals surface area (Å²) in [5.74, 6) is -0.181. The Balaban J connectivity index is 2.52. The van der Waals surface area contributed by atoms with Gasteiger partial charge in [0.25, 0.3) is 0 Å². The van der Waals surface area contributed by atoms with Crippen LogP contribution in [-0.4, -0.2) is 11.9 Å². The van der Waals surface area contributed by atoms with Crippen molar-refractivity contribution in [1.82, 2.24) is 5.32 Å². The number of nitrogens with zero attached hydrogens (tertiary/aromatic N) is 1. The van der Waals surface area contributed by atoms with Crippen molar-refractivity contribution in [2.24, 2.45) is 5.73 Å². The lowest BCUT2D eigenvalue weighted by Crippen LogP contribution is -2.37. The first-order chi connectivity index (χ1) is 7.13. The average Bonchev–Trinajstić information content (AvgIpc) is 2.26. The highest BCUT2D eigenvalue weighted by molar-refractivity contribution is 5.80. The van der Waals surface area contributed by atoms with Gasteiger partial charge in [-0.2, -0.15) is 5.26 Å². The van der Waals surface area contributed by atoms with E-state index in [-0.39, 0.29) is 5.91 Å². The molecule has 1 rings (SSSR count). The molecule has 0 aromatic heterocycles. The van der Waals surface area contributed by atoms with E-state index in [0.717, 1.165) is 5.56 Å². The summed E-state index contributed by atoms with van der Waals surface area (Å²) in [4.78, 5) is 11.2. The summed E-state index contributed by atoms with van der Waals surface area (Å²) >= 11 is 0. The molecule has 1 atom stereocenters. The Bertz CT molecular complexity index is 376. The molecular weight excluding hydrogens is 190 g/mol. The summed E-state index contributed by atoms with van der Waals surface area (Å²) in [5, 5.41) is 11.3. The second kappa shape index (κ2) is 5.13. The molecule has 1 aromatic carbocycles. The molecule has 0 fully saturated rings. The Morgan fingerprint density at radius 2 is 2.13 bits per heavy atom. The minimum atomic E-state index is -0.497. The molecule has 4 nitrogen and oxygen atoms in total. The average molecular weight is 203 g/mol. The van der Waals surface area contributed by atoms with E-state index < -0.39 is 6.04 Å². The molecule has 0 spiro atoms. The first-order valence-corrected chi connectivity index (χ1v) is 4.66. The molecule has 3 N–H and O–H groups in total. The minimum absolute atomic E-state index is 0.181. The fourth-order valence-corrected chi connectivity index (χ4v) is 1.05. The van der Waals surface area contributed by atoms with Gasteiger partial charge < -0.3 is 11.1 Å². The zero-order chi connectivity index (χ0) is 11.3. The van der Waals surface area contributed by atoms with Crippen LogP contribution in [0.3, 0.4) is 0 Å². The van der Waals surface area contributed by atoms with Crippen molar-refractivity contribution in [3.63, 3.8) is 0 Å². The number of amides is 1. The van der Waals surface area contributed by atoms with Crippen LogP contribution in [0.1, 0.15) is 18.1 Å². The number of nitrogens with two attached hydrogens (primary N) is 1. The van der Waals surface area contributed by atoms with Gasteiger partial charge in [-0.05, 0) is 24.6 Å². The van der Waals surface area contributed by atoms with Crippen molar-refractivity contribution in [1.29, 1.82) is 5.26 Å². The molecule has 0 aliphatic carbocycles. The first-order valence-electron chi connectivity index (χ1n) is 4.66. The topological polar surface area (TPSA) is 78.9 Å². The van der Waals surface area contributed by atoms with Crippen LogP contribution in [0.5, 0.6) is 0 Å². The van der Waals surface area contributed by atoms with Crippen LogP contribution in [0.4, 0.5) is 0 Å². The zero-order valence-electron chi connectivity index (χ0n) is 8.53. The second-order valence-corrected chi connectivity index (χ2v) is 3.32. The normalized spacial score (nSPS) is 11.5. The van der Waals surface area contributed by atoms with E-state index in [2.05, 4.69) is 5.32 Å². The van der Waals surface area contributed by atoms with E-state index in [9.17, 15) is 4.79 Å². The van der Waals surface area contributed by atoms with Gasteiger partial charge in [0, 0.05) is 6.54 Å². The van der Waals surface area contributed by atoms with Gasteiger partial charge in [-0.15, -0.1) is 0 Å². The van der Waals surface area contributed by atoms with E-state index in [1.165, 1.54) is 0 Å². The predicted molar refractivity (Wildman–Crippen MR) is 56.7 cm³/mol. The Hall–Kier alpha value is -1.86. The van der Waals surface area contributed by atoms with Gasteiger partial charge in [0.05, 0.1) is 17.7 Å². The van der Waals surface area contributed by atoms with Gasteiger partial charge in [0.1, 0.15) is 0 Å². The number of rotatable bonds is 3. The van der Waals surface area contributed by atoms with Crippen LogP contribution in [0.25, 0.3) is 0 Å². The van der Waals surface area contributed by atoms with Crippen LogP contribution in [0.2, 0.25) is 0 Å². The number of carbonyl (C=O) groups excluding carboxylic acids is 1. The number of nitriles is 1. The molecule has 0 aliphatic heterocycles. The number of hydrogen-bond donors (Lipinski definition) is 2. The van der Waals surface area contributed by atoms with Crippen LogP contribution in [-0.2, 0) is 11.3 Å². The third-order valence-corrected chi connectivity index (χ3v) is 1.96. The third kappa shape index (κ3) is 3.41.